The van der Waals surface area contributed by atoms with E-state index in [0.717, 1.165) is 0 Å². The molecule has 0 aromatic heterocycles. The van der Waals surface area contributed by atoms with Gasteiger partial charge in [-0.3, -0.25) is 4.18 Å². The predicted molar refractivity (Wildman–Crippen MR) is 60.4 cm³/mol. The summed E-state index contributed by atoms with van der Waals surface area (Å²) < 4.78 is 36.4. The van der Waals surface area contributed by atoms with Gasteiger partial charge in [-0.1, -0.05) is 11.6 Å². The molecular weight excluding hydrogens is 270 g/mol. The maximum absolute atomic E-state index is 10.6. The van der Waals surface area contributed by atoms with Crippen LogP contribution < -0.4 is 14.6 Å². The molecule has 94 valence electrons. The molecule has 0 unspecified atom stereocenters. The molecule has 2 rings (SSSR count). The van der Waals surface area contributed by atoms with Crippen molar-refractivity contribution in [1.82, 2.24) is 0 Å². The Morgan fingerprint density at radius 1 is 1.47 bits per heavy atom. The van der Waals surface area contributed by atoms with Crippen LogP contribution in [-0.2, 0) is 14.5 Å². The van der Waals surface area contributed by atoms with Gasteiger partial charge in [0.1, 0.15) is 13.2 Å². The summed E-state index contributed by atoms with van der Waals surface area (Å²) in [5.41, 5.74) is 0. The monoisotopic (exact) mass is 279 g/mol. The van der Waals surface area contributed by atoms with Gasteiger partial charge in [0.2, 0.25) is 0 Å². The molecule has 6 nitrogen and oxygen atoms in total. The lowest BCUT2D eigenvalue weighted by Gasteiger charge is -2.25. The van der Waals surface area contributed by atoms with Crippen molar-refractivity contribution in [2.75, 3.05) is 13.2 Å². The van der Waals surface area contributed by atoms with Crippen LogP contribution in [0.3, 0.4) is 0 Å². The van der Waals surface area contributed by atoms with Gasteiger partial charge < -0.3 is 9.47 Å². The minimum Gasteiger partial charge on any atom is -0.486 e. The smallest absolute Gasteiger partial charge is 0.333 e. The molecule has 2 N–H and O–H groups in total. The summed E-state index contributed by atoms with van der Waals surface area (Å²) in [4.78, 5) is 0. The van der Waals surface area contributed by atoms with Gasteiger partial charge in [-0.25, -0.2) is 5.14 Å². The molecule has 1 aromatic carbocycles. The lowest BCUT2D eigenvalue weighted by atomic mass is 10.3. The van der Waals surface area contributed by atoms with Gasteiger partial charge in [0, 0.05) is 11.1 Å². The van der Waals surface area contributed by atoms with Crippen LogP contribution in [-0.4, -0.2) is 27.7 Å². The zero-order valence-electron chi connectivity index (χ0n) is 8.63. The van der Waals surface area contributed by atoms with E-state index in [9.17, 15) is 8.42 Å². The van der Waals surface area contributed by atoms with E-state index in [1.54, 1.807) is 18.2 Å². The first-order chi connectivity index (χ1) is 7.94. The maximum Gasteiger partial charge on any atom is 0.333 e. The van der Waals surface area contributed by atoms with Gasteiger partial charge in [0.15, 0.2) is 17.6 Å². The van der Waals surface area contributed by atoms with Crippen molar-refractivity contribution in [3.8, 4) is 11.5 Å². The van der Waals surface area contributed by atoms with E-state index in [4.69, 9.17) is 26.2 Å². The normalized spacial score (nSPS) is 19.1. The minimum absolute atomic E-state index is 0.170. The highest BCUT2D eigenvalue weighted by atomic mass is 35.5. The maximum atomic E-state index is 10.6. The molecule has 0 saturated heterocycles. The number of benzene rings is 1. The Morgan fingerprint density at radius 3 is 2.94 bits per heavy atom. The molecule has 0 fully saturated rings. The average molecular weight is 280 g/mol. The van der Waals surface area contributed by atoms with Crippen molar-refractivity contribution < 1.29 is 22.1 Å². The van der Waals surface area contributed by atoms with E-state index in [1.807, 2.05) is 0 Å². The van der Waals surface area contributed by atoms with Gasteiger partial charge in [0.25, 0.3) is 0 Å². The first-order valence-electron chi connectivity index (χ1n) is 4.70. The SMILES string of the molecule is NS(=O)(=O)OC[C@H]1COc2cc(Cl)ccc2O1. The second-order valence-electron chi connectivity index (χ2n) is 3.42. The summed E-state index contributed by atoms with van der Waals surface area (Å²) in [5.74, 6) is 1.01. The summed E-state index contributed by atoms with van der Waals surface area (Å²) >= 11 is 5.78. The molecule has 0 radical (unpaired) electrons. The van der Waals surface area contributed by atoms with E-state index >= 15 is 0 Å². The van der Waals surface area contributed by atoms with Crippen molar-refractivity contribution in [2.24, 2.45) is 5.14 Å². The number of rotatable bonds is 3. The number of ether oxygens (including phenoxy) is 2. The standard InChI is InChI=1S/C9H10ClNO5S/c10-6-1-2-8-9(3-6)14-4-7(16-8)5-15-17(11,12)13/h1-3,7H,4-5H2,(H2,11,12,13)/t7-/m1/s1. The molecule has 0 bridgehead atoms. The Morgan fingerprint density at radius 2 is 2.24 bits per heavy atom. The molecule has 0 amide bonds. The quantitative estimate of drug-likeness (QED) is 0.880. The summed E-state index contributed by atoms with van der Waals surface area (Å²) in [5, 5.41) is 5.24. The lowest BCUT2D eigenvalue weighted by molar-refractivity contribution is 0.0555. The average Bonchev–Trinajstić information content (AvgIpc) is 2.25. The molecule has 1 aromatic rings. The van der Waals surface area contributed by atoms with Crippen LogP contribution in [0.1, 0.15) is 0 Å². The second kappa shape index (κ2) is 4.69. The third-order valence-electron chi connectivity index (χ3n) is 2.04. The van der Waals surface area contributed by atoms with Crippen LogP contribution in [0.5, 0.6) is 11.5 Å². The van der Waals surface area contributed by atoms with E-state index in [0.29, 0.717) is 16.5 Å². The van der Waals surface area contributed by atoms with Crippen molar-refractivity contribution in [3.63, 3.8) is 0 Å². The van der Waals surface area contributed by atoms with Crippen molar-refractivity contribution >= 4 is 21.9 Å². The first kappa shape index (κ1) is 12.4. The molecule has 0 spiro atoms. The van der Waals surface area contributed by atoms with Crippen LogP contribution >= 0.6 is 11.6 Å². The molecule has 8 heteroatoms. The van der Waals surface area contributed by atoms with Crippen LogP contribution in [0.25, 0.3) is 0 Å². The molecule has 0 aliphatic carbocycles. The zero-order valence-corrected chi connectivity index (χ0v) is 10.2. The highest BCUT2D eigenvalue weighted by Crippen LogP contribution is 2.33. The van der Waals surface area contributed by atoms with Gasteiger partial charge in [-0.05, 0) is 12.1 Å². The highest BCUT2D eigenvalue weighted by Gasteiger charge is 2.22. The Labute approximate surface area is 103 Å². The van der Waals surface area contributed by atoms with Crippen molar-refractivity contribution in [1.29, 1.82) is 0 Å². The number of nitrogens with two attached hydrogens (primary N) is 1. The molecular formula is C9H10ClNO5S. The molecule has 17 heavy (non-hydrogen) atoms. The zero-order chi connectivity index (χ0) is 12.5. The third-order valence-corrected chi connectivity index (χ3v) is 2.74. The Bertz CT molecular complexity index is 518. The van der Waals surface area contributed by atoms with Crippen molar-refractivity contribution in [2.45, 2.75) is 6.10 Å². The Balaban J connectivity index is 2.01. The Hall–Kier alpha value is -1.02. The van der Waals surface area contributed by atoms with Gasteiger partial charge in [-0.15, -0.1) is 0 Å². The number of fused-ring (bicyclic) bond motifs is 1. The molecule has 0 saturated carbocycles. The molecule has 1 aliphatic heterocycles. The lowest BCUT2D eigenvalue weighted by Crippen LogP contribution is -2.35. The number of hydrogen-bond donors (Lipinski definition) is 1. The summed E-state index contributed by atoms with van der Waals surface area (Å²) in [6.45, 7) is -0.0240. The molecule has 1 heterocycles. The fourth-order valence-electron chi connectivity index (χ4n) is 1.34. The molecule has 1 aliphatic rings. The largest absolute Gasteiger partial charge is 0.486 e. The Kier molecular flexibility index (Phi) is 3.43. The number of halogens is 1. The van der Waals surface area contributed by atoms with Crippen LogP contribution in [0.4, 0.5) is 0 Å². The summed E-state index contributed by atoms with van der Waals surface area (Å²) in [6.07, 6.45) is -0.526. The highest BCUT2D eigenvalue weighted by molar-refractivity contribution is 7.84. The van der Waals surface area contributed by atoms with Gasteiger partial charge >= 0.3 is 10.3 Å². The van der Waals surface area contributed by atoms with E-state index < -0.39 is 16.4 Å². The van der Waals surface area contributed by atoms with Gasteiger partial charge in [0.05, 0.1) is 0 Å². The van der Waals surface area contributed by atoms with Gasteiger partial charge in [-0.2, -0.15) is 8.42 Å². The topological polar surface area (TPSA) is 87.9 Å². The third kappa shape index (κ3) is 3.47. The van der Waals surface area contributed by atoms with Crippen LogP contribution in [0.2, 0.25) is 5.02 Å². The number of hydrogen-bond acceptors (Lipinski definition) is 5. The predicted octanol–water partition coefficient (Wildman–Crippen LogP) is 0.700. The van der Waals surface area contributed by atoms with E-state index in [-0.39, 0.29) is 13.2 Å². The van der Waals surface area contributed by atoms with E-state index in [1.165, 1.54) is 0 Å². The van der Waals surface area contributed by atoms with Crippen LogP contribution in [0.15, 0.2) is 18.2 Å². The minimum atomic E-state index is -3.96. The van der Waals surface area contributed by atoms with E-state index in [2.05, 4.69) is 4.18 Å². The molecule has 1 atom stereocenters. The second-order valence-corrected chi connectivity index (χ2v) is 5.08. The fraction of sp³-hybridized carbons (Fsp3) is 0.333. The summed E-state index contributed by atoms with van der Waals surface area (Å²) in [6, 6.07) is 4.90. The summed E-state index contributed by atoms with van der Waals surface area (Å²) in [7, 11) is -3.96. The van der Waals surface area contributed by atoms with Crippen LogP contribution in [0, 0.1) is 0 Å². The first-order valence-corrected chi connectivity index (χ1v) is 6.55. The fourth-order valence-corrected chi connectivity index (χ4v) is 1.84. The van der Waals surface area contributed by atoms with Crippen molar-refractivity contribution in [3.05, 3.63) is 23.2 Å².